The Hall–Kier alpha value is -2.78. The second-order valence-electron chi connectivity index (χ2n) is 4.25. The van der Waals surface area contributed by atoms with Crippen LogP contribution in [0, 0.1) is 18.8 Å². The molecule has 1 amide bonds. The lowest BCUT2D eigenvalue weighted by molar-refractivity contribution is 0.0950. The average molecular weight is 281 g/mol. The van der Waals surface area contributed by atoms with Crippen LogP contribution in [0.4, 0.5) is 0 Å². The predicted octanol–water partition coefficient (Wildman–Crippen LogP) is 0.420. The van der Waals surface area contributed by atoms with E-state index in [0.29, 0.717) is 23.5 Å². The summed E-state index contributed by atoms with van der Waals surface area (Å²) in [6, 6.07) is 3.44. The lowest BCUT2D eigenvalue weighted by atomic mass is 10.2. The zero-order chi connectivity index (χ0) is 15.1. The highest BCUT2D eigenvalue weighted by molar-refractivity contribution is 5.94. The Kier molecular flexibility index (Phi) is 4.96. The molecular formula is C15H15N5O. The van der Waals surface area contributed by atoms with Crippen molar-refractivity contribution in [2.24, 2.45) is 5.73 Å². The van der Waals surface area contributed by atoms with Crippen LogP contribution in [0.1, 0.15) is 27.4 Å². The van der Waals surface area contributed by atoms with E-state index in [9.17, 15) is 4.79 Å². The van der Waals surface area contributed by atoms with E-state index >= 15 is 0 Å². The van der Waals surface area contributed by atoms with Gasteiger partial charge in [0, 0.05) is 24.2 Å². The molecule has 2 heterocycles. The minimum atomic E-state index is -0.227. The van der Waals surface area contributed by atoms with Gasteiger partial charge in [-0.2, -0.15) is 0 Å². The number of hydrogen-bond donors (Lipinski definition) is 2. The number of pyridine rings is 1. The van der Waals surface area contributed by atoms with E-state index in [1.807, 2.05) is 0 Å². The first-order valence-electron chi connectivity index (χ1n) is 6.40. The van der Waals surface area contributed by atoms with Crippen molar-refractivity contribution in [2.45, 2.75) is 13.5 Å². The van der Waals surface area contributed by atoms with Crippen molar-refractivity contribution < 1.29 is 4.79 Å². The first-order valence-corrected chi connectivity index (χ1v) is 6.40. The molecule has 0 spiro atoms. The van der Waals surface area contributed by atoms with Crippen LogP contribution in [0.15, 0.2) is 30.7 Å². The Labute approximate surface area is 122 Å². The maximum atomic E-state index is 12.1. The molecular weight excluding hydrogens is 266 g/mol. The number of aromatic nitrogens is 3. The lowest BCUT2D eigenvalue weighted by Gasteiger charge is -2.05. The normalized spacial score (nSPS) is 9.62. The lowest BCUT2D eigenvalue weighted by Crippen LogP contribution is -2.23. The summed E-state index contributed by atoms with van der Waals surface area (Å²) < 4.78 is 0. The zero-order valence-corrected chi connectivity index (χ0v) is 11.6. The van der Waals surface area contributed by atoms with E-state index in [-0.39, 0.29) is 12.5 Å². The molecule has 0 saturated heterocycles. The first-order chi connectivity index (χ1) is 10.2. The maximum absolute atomic E-state index is 12.1. The van der Waals surface area contributed by atoms with Gasteiger partial charge < -0.3 is 11.1 Å². The standard InChI is InChI=1S/C15H15N5O/c1-11-18-6-4-14(20-11)10-19-15(21)13-7-12(3-2-5-16)8-17-9-13/h4,6-9H,5,10,16H2,1H3,(H,19,21). The number of hydrogen-bond acceptors (Lipinski definition) is 5. The van der Waals surface area contributed by atoms with Gasteiger partial charge >= 0.3 is 0 Å². The van der Waals surface area contributed by atoms with Crippen molar-refractivity contribution in [3.63, 3.8) is 0 Å². The van der Waals surface area contributed by atoms with Gasteiger partial charge in [-0.15, -0.1) is 0 Å². The van der Waals surface area contributed by atoms with E-state index in [2.05, 4.69) is 32.1 Å². The van der Waals surface area contributed by atoms with Crippen LogP contribution < -0.4 is 11.1 Å². The van der Waals surface area contributed by atoms with Gasteiger partial charge in [0.2, 0.25) is 0 Å². The fourth-order valence-electron chi connectivity index (χ4n) is 1.66. The topological polar surface area (TPSA) is 93.8 Å². The second-order valence-corrected chi connectivity index (χ2v) is 4.25. The second kappa shape index (κ2) is 7.12. The van der Waals surface area contributed by atoms with Crippen LogP contribution >= 0.6 is 0 Å². The van der Waals surface area contributed by atoms with Crippen LogP contribution in [-0.4, -0.2) is 27.4 Å². The Bertz CT molecular complexity index is 702. The van der Waals surface area contributed by atoms with Gasteiger partial charge in [0.15, 0.2) is 0 Å². The van der Waals surface area contributed by atoms with E-state index in [0.717, 1.165) is 5.69 Å². The smallest absolute Gasteiger partial charge is 0.253 e. The number of amides is 1. The van der Waals surface area contributed by atoms with Crippen LogP contribution in [0.2, 0.25) is 0 Å². The quantitative estimate of drug-likeness (QED) is 0.795. The molecule has 0 aliphatic rings. The van der Waals surface area contributed by atoms with Crippen molar-refractivity contribution in [1.82, 2.24) is 20.3 Å². The summed E-state index contributed by atoms with van der Waals surface area (Å²) in [4.78, 5) is 24.3. The maximum Gasteiger partial charge on any atom is 0.253 e. The largest absolute Gasteiger partial charge is 0.346 e. The molecule has 0 unspecified atom stereocenters. The molecule has 6 heteroatoms. The molecule has 0 fully saturated rings. The van der Waals surface area contributed by atoms with Gasteiger partial charge in [-0.3, -0.25) is 9.78 Å². The Morgan fingerprint density at radius 2 is 2.29 bits per heavy atom. The summed E-state index contributed by atoms with van der Waals surface area (Å²) in [5, 5.41) is 2.78. The van der Waals surface area contributed by atoms with E-state index in [1.54, 1.807) is 31.5 Å². The zero-order valence-electron chi connectivity index (χ0n) is 11.6. The number of carbonyl (C=O) groups excluding carboxylic acids is 1. The summed E-state index contributed by atoms with van der Waals surface area (Å²) in [7, 11) is 0. The molecule has 0 radical (unpaired) electrons. The van der Waals surface area contributed by atoms with Crippen LogP contribution in [0.5, 0.6) is 0 Å². The SMILES string of the molecule is Cc1nccc(CNC(=O)c2cncc(C#CCN)c2)n1. The third-order valence-electron chi connectivity index (χ3n) is 2.60. The Morgan fingerprint density at radius 1 is 1.43 bits per heavy atom. The van der Waals surface area contributed by atoms with Crippen LogP contribution in [0.25, 0.3) is 0 Å². The highest BCUT2D eigenvalue weighted by atomic mass is 16.1. The number of nitrogens with zero attached hydrogens (tertiary/aromatic N) is 3. The van der Waals surface area contributed by atoms with Crippen molar-refractivity contribution in [1.29, 1.82) is 0 Å². The van der Waals surface area contributed by atoms with Gasteiger partial charge in [0.1, 0.15) is 5.82 Å². The molecule has 21 heavy (non-hydrogen) atoms. The highest BCUT2D eigenvalue weighted by Crippen LogP contribution is 2.02. The molecule has 0 aliphatic heterocycles. The van der Waals surface area contributed by atoms with Crippen molar-refractivity contribution in [2.75, 3.05) is 6.54 Å². The molecule has 2 aromatic rings. The highest BCUT2D eigenvalue weighted by Gasteiger charge is 2.06. The molecule has 2 rings (SSSR count). The van der Waals surface area contributed by atoms with Gasteiger partial charge in [-0.25, -0.2) is 9.97 Å². The summed E-state index contributed by atoms with van der Waals surface area (Å²) in [5.41, 5.74) is 7.17. The van der Waals surface area contributed by atoms with Gasteiger partial charge in [-0.05, 0) is 19.1 Å². The minimum absolute atomic E-state index is 0.227. The molecule has 0 bridgehead atoms. The van der Waals surface area contributed by atoms with Gasteiger partial charge in [-0.1, -0.05) is 11.8 Å². The van der Waals surface area contributed by atoms with Crippen molar-refractivity contribution in [3.05, 3.63) is 53.4 Å². The predicted molar refractivity (Wildman–Crippen MR) is 78.1 cm³/mol. The molecule has 3 N–H and O–H groups in total. The first kappa shape index (κ1) is 14.6. The van der Waals surface area contributed by atoms with E-state index in [1.165, 1.54) is 6.20 Å². The van der Waals surface area contributed by atoms with Crippen LogP contribution in [0.3, 0.4) is 0 Å². The number of aryl methyl sites for hydroxylation is 1. The van der Waals surface area contributed by atoms with E-state index in [4.69, 9.17) is 5.73 Å². The third kappa shape index (κ3) is 4.37. The summed E-state index contributed by atoms with van der Waals surface area (Å²) in [6.07, 6.45) is 4.75. The summed E-state index contributed by atoms with van der Waals surface area (Å²) in [5.74, 6) is 6.01. The van der Waals surface area contributed by atoms with E-state index < -0.39 is 0 Å². The van der Waals surface area contributed by atoms with Crippen molar-refractivity contribution in [3.8, 4) is 11.8 Å². The molecule has 2 aromatic heterocycles. The Balaban J connectivity index is 2.03. The average Bonchev–Trinajstić information content (AvgIpc) is 2.51. The van der Waals surface area contributed by atoms with Crippen molar-refractivity contribution >= 4 is 5.91 Å². The molecule has 6 nitrogen and oxygen atoms in total. The summed E-state index contributed by atoms with van der Waals surface area (Å²) in [6.45, 7) is 2.40. The summed E-state index contributed by atoms with van der Waals surface area (Å²) >= 11 is 0. The minimum Gasteiger partial charge on any atom is -0.346 e. The molecule has 0 aliphatic carbocycles. The monoisotopic (exact) mass is 281 g/mol. The molecule has 106 valence electrons. The van der Waals surface area contributed by atoms with Crippen LogP contribution in [-0.2, 0) is 6.54 Å². The number of nitrogens with one attached hydrogen (secondary N) is 1. The molecule has 0 aromatic carbocycles. The Morgan fingerprint density at radius 3 is 3.05 bits per heavy atom. The fraction of sp³-hybridized carbons (Fsp3) is 0.200. The van der Waals surface area contributed by atoms with Gasteiger partial charge in [0.05, 0.1) is 24.3 Å². The fourth-order valence-corrected chi connectivity index (χ4v) is 1.66. The number of rotatable bonds is 3. The number of nitrogens with two attached hydrogens (primary N) is 1. The number of carbonyl (C=O) groups is 1. The molecule has 0 atom stereocenters. The molecule has 0 saturated carbocycles. The van der Waals surface area contributed by atoms with Gasteiger partial charge in [0.25, 0.3) is 5.91 Å². The third-order valence-corrected chi connectivity index (χ3v) is 2.60.